The quantitative estimate of drug-likeness (QED) is 0.413. The van der Waals surface area contributed by atoms with Crippen molar-refractivity contribution in [1.29, 1.82) is 0 Å². The topological polar surface area (TPSA) is 35.5 Å². The lowest BCUT2D eigenvalue weighted by Crippen LogP contribution is -2.07. The zero-order valence-corrected chi connectivity index (χ0v) is 10.3. The number of benzene rings is 1. The van der Waals surface area contributed by atoms with Gasteiger partial charge in [-0.2, -0.15) is 0 Å². The van der Waals surface area contributed by atoms with E-state index in [1.54, 1.807) is 25.3 Å². The first-order valence-corrected chi connectivity index (χ1v) is 5.71. The SMILES string of the molecule is CC/C=C/C(=O)c1ccccc1OCCOC. The highest BCUT2D eigenvalue weighted by Gasteiger charge is 2.08. The van der Waals surface area contributed by atoms with Crippen molar-refractivity contribution in [3.05, 3.63) is 42.0 Å². The molecule has 0 bridgehead atoms. The van der Waals surface area contributed by atoms with E-state index in [0.717, 1.165) is 6.42 Å². The molecule has 1 aromatic carbocycles. The Kier molecular flexibility index (Phi) is 6.04. The normalized spacial score (nSPS) is 10.7. The van der Waals surface area contributed by atoms with Gasteiger partial charge < -0.3 is 9.47 Å². The van der Waals surface area contributed by atoms with Crippen LogP contribution in [0.3, 0.4) is 0 Å². The monoisotopic (exact) mass is 234 g/mol. The van der Waals surface area contributed by atoms with Gasteiger partial charge in [-0.1, -0.05) is 25.1 Å². The molecule has 3 heteroatoms. The highest BCUT2D eigenvalue weighted by atomic mass is 16.5. The van der Waals surface area contributed by atoms with E-state index in [4.69, 9.17) is 9.47 Å². The maximum absolute atomic E-state index is 11.9. The molecule has 0 aliphatic rings. The Hall–Kier alpha value is -1.61. The van der Waals surface area contributed by atoms with Gasteiger partial charge in [0.05, 0.1) is 12.2 Å². The molecule has 0 saturated carbocycles. The predicted octanol–water partition coefficient (Wildman–Crippen LogP) is 2.86. The van der Waals surface area contributed by atoms with Crippen molar-refractivity contribution in [3.8, 4) is 5.75 Å². The van der Waals surface area contributed by atoms with Crippen LogP contribution < -0.4 is 4.74 Å². The summed E-state index contributed by atoms with van der Waals surface area (Å²) in [7, 11) is 1.62. The van der Waals surface area contributed by atoms with Crippen molar-refractivity contribution < 1.29 is 14.3 Å². The Labute approximate surface area is 102 Å². The van der Waals surface area contributed by atoms with Crippen LogP contribution in [0.25, 0.3) is 0 Å². The predicted molar refractivity (Wildman–Crippen MR) is 67.6 cm³/mol. The summed E-state index contributed by atoms with van der Waals surface area (Å²) < 4.78 is 10.4. The highest BCUT2D eigenvalue weighted by Crippen LogP contribution is 2.18. The number of hydrogen-bond donors (Lipinski definition) is 0. The second-order valence-electron chi connectivity index (χ2n) is 3.51. The van der Waals surface area contributed by atoms with Gasteiger partial charge in [-0.15, -0.1) is 0 Å². The van der Waals surface area contributed by atoms with Crippen LogP contribution in [0.15, 0.2) is 36.4 Å². The Morgan fingerprint density at radius 2 is 2.06 bits per heavy atom. The molecule has 0 heterocycles. The van der Waals surface area contributed by atoms with E-state index in [-0.39, 0.29) is 5.78 Å². The lowest BCUT2D eigenvalue weighted by molar-refractivity contribution is 0.103. The fourth-order valence-electron chi connectivity index (χ4n) is 1.35. The van der Waals surface area contributed by atoms with E-state index in [2.05, 4.69) is 0 Å². The zero-order chi connectivity index (χ0) is 12.5. The van der Waals surface area contributed by atoms with Crippen LogP contribution in [-0.4, -0.2) is 26.1 Å². The van der Waals surface area contributed by atoms with Gasteiger partial charge >= 0.3 is 0 Å². The summed E-state index contributed by atoms with van der Waals surface area (Å²) >= 11 is 0. The van der Waals surface area contributed by atoms with Gasteiger partial charge in [0.2, 0.25) is 0 Å². The Balaban J connectivity index is 2.76. The number of hydrogen-bond acceptors (Lipinski definition) is 3. The first-order valence-electron chi connectivity index (χ1n) is 5.71. The van der Waals surface area contributed by atoms with Gasteiger partial charge in [0.1, 0.15) is 12.4 Å². The molecule has 0 spiro atoms. The fraction of sp³-hybridized carbons (Fsp3) is 0.357. The summed E-state index contributed by atoms with van der Waals surface area (Å²) in [4.78, 5) is 11.9. The summed E-state index contributed by atoms with van der Waals surface area (Å²) in [6, 6.07) is 7.24. The first-order chi connectivity index (χ1) is 8.29. The van der Waals surface area contributed by atoms with Gasteiger partial charge in [0, 0.05) is 7.11 Å². The molecule has 1 rings (SSSR count). The number of carbonyl (C=O) groups excluding carboxylic acids is 1. The third kappa shape index (κ3) is 4.41. The van der Waals surface area contributed by atoms with E-state index in [9.17, 15) is 4.79 Å². The molecule has 92 valence electrons. The lowest BCUT2D eigenvalue weighted by Gasteiger charge is -2.08. The summed E-state index contributed by atoms with van der Waals surface area (Å²) in [6.07, 6.45) is 4.27. The molecule has 0 aliphatic heterocycles. The molecule has 0 aromatic heterocycles. The zero-order valence-electron chi connectivity index (χ0n) is 10.3. The Morgan fingerprint density at radius 3 is 2.76 bits per heavy atom. The minimum atomic E-state index is -0.0279. The number of ketones is 1. The molecule has 0 N–H and O–H groups in total. The van der Waals surface area contributed by atoms with Gasteiger partial charge in [-0.25, -0.2) is 0 Å². The second-order valence-corrected chi connectivity index (χ2v) is 3.51. The summed E-state index contributed by atoms with van der Waals surface area (Å²) in [5.41, 5.74) is 0.591. The fourth-order valence-corrected chi connectivity index (χ4v) is 1.35. The molecule has 0 radical (unpaired) electrons. The number of carbonyl (C=O) groups is 1. The van der Waals surface area contributed by atoms with Crippen molar-refractivity contribution in [2.24, 2.45) is 0 Å². The minimum absolute atomic E-state index is 0.0279. The summed E-state index contributed by atoms with van der Waals surface area (Å²) in [5, 5.41) is 0. The van der Waals surface area contributed by atoms with Crippen LogP contribution in [0.5, 0.6) is 5.75 Å². The van der Waals surface area contributed by atoms with Gasteiger partial charge in [0.25, 0.3) is 0 Å². The molecule has 0 fully saturated rings. The van der Waals surface area contributed by atoms with Gasteiger partial charge in [0.15, 0.2) is 5.78 Å². The van der Waals surface area contributed by atoms with Crippen molar-refractivity contribution in [3.63, 3.8) is 0 Å². The van der Waals surface area contributed by atoms with Crippen molar-refractivity contribution in [2.75, 3.05) is 20.3 Å². The Bertz CT molecular complexity index is 383. The molecule has 3 nitrogen and oxygen atoms in total. The number of para-hydroxylation sites is 1. The summed E-state index contributed by atoms with van der Waals surface area (Å²) in [5.74, 6) is 0.579. The molecule has 17 heavy (non-hydrogen) atoms. The van der Waals surface area contributed by atoms with Crippen LogP contribution in [0.4, 0.5) is 0 Å². The van der Waals surface area contributed by atoms with E-state index in [0.29, 0.717) is 24.5 Å². The molecule has 0 unspecified atom stereocenters. The largest absolute Gasteiger partial charge is 0.490 e. The van der Waals surface area contributed by atoms with Crippen molar-refractivity contribution >= 4 is 5.78 Å². The van der Waals surface area contributed by atoms with E-state index < -0.39 is 0 Å². The van der Waals surface area contributed by atoms with E-state index in [1.165, 1.54) is 0 Å². The molecular formula is C14H18O3. The number of ether oxygens (including phenoxy) is 2. The maximum atomic E-state index is 11.9. The standard InChI is InChI=1S/C14H18O3/c1-3-4-8-13(15)12-7-5-6-9-14(12)17-11-10-16-2/h4-9H,3,10-11H2,1-2H3/b8-4+. The van der Waals surface area contributed by atoms with Crippen molar-refractivity contribution in [2.45, 2.75) is 13.3 Å². The van der Waals surface area contributed by atoms with Crippen LogP contribution >= 0.6 is 0 Å². The average Bonchev–Trinajstić information content (AvgIpc) is 2.37. The van der Waals surface area contributed by atoms with Crippen LogP contribution in [-0.2, 0) is 4.74 Å². The number of methoxy groups -OCH3 is 1. The smallest absolute Gasteiger partial charge is 0.189 e. The average molecular weight is 234 g/mol. The van der Waals surface area contributed by atoms with E-state index >= 15 is 0 Å². The molecule has 0 aliphatic carbocycles. The third-order valence-electron chi connectivity index (χ3n) is 2.20. The summed E-state index contributed by atoms with van der Waals surface area (Å²) in [6.45, 7) is 2.94. The Morgan fingerprint density at radius 1 is 1.29 bits per heavy atom. The van der Waals surface area contributed by atoms with Crippen LogP contribution in [0, 0.1) is 0 Å². The third-order valence-corrected chi connectivity index (χ3v) is 2.20. The van der Waals surface area contributed by atoms with Crippen LogP contribution in [0.1, 0.15) is 23.7 Å². The molecule has 1 aromatic rings. The number of allylic oxidation sites excluding steroid dienone is 2. The molecule has 0 saturated heterocycles. The highest BCUT2D eigenvalue weighted by molar-refractivity contribution is 6.06. The first kappa shape index (κ1) is 13.5. The minimum Gasteiger partial charge on any atom is -0.490 e. The van der Waals surface area contributed by atoms with Crippen LogP contribution in [0.2, 0.25) is 0 Å². The number of rotatable bonds is 7. The van der Waals surface area contributed by atoms with Crippen molar-refractivity contribution in [1.82, 2.24) is 0 Å². The van der Waals surface area contributed by atoms with E-state index in [1.807, 2.05) is 25.1 Å². The maximum Gasteiger partial charge on any atom is 0.189 e. The molecular weight excluding hydrogens is 216 g/mol. The molecule has 0 atom stereocenters. The second kappa shape index (κ2) is 7.63. The van der Waals surface area contributed by atoms with Gasteiger partial charge in [-0.3, -0.25) is 4.79 Å². The molecule has 0 amide bonds. The van der Waals surface area contributed by atoms with Gasteiger partial charge in [-0.05, 0) is 24.6 Å². The lowest BCUT2D eigenvalue weighted by atomic mass is 10.1.